The van der Waals surface area contributed by atoms with E-state index >= 15 is 0 Å². The molecule has 1 aliphatic carbocycles. The maximum absolute atomic E-state index is 12.3. The van der Waals surface area contributed by atoms with Gasteiger partial charge in [0.1, 0.15) is 0 Å². The molecule has 0 aromatic carbocycles. The number of nitrogens with zero attached hydrogens (tertiary/aromatic N) is 2. The number of carbonyl (C=O) groups is 1. The van der Waals surface area contributed by atoms with Crippen LogP contribution in [0.4, 0.5) is 0 Å². The Bertz CT molecular complexity index is 637. The largest absolute Gasteiger partial charge is 0.268 e. The first-order valence-electron chi connectivity index (χ1n) is 7.30. The van der Waals surface area contributed by atoms with Crippen LogP contribution in [0.1, 0.15) is 63.0 Å². The van der Waals surface area contributed by atoms with Gasteiger partial charge in [-0.3, -0.25) is 9.48 Å². The Balaban J connectivity index is 2.26. The summed E-state index contributed by atoms with van der Waals surface area (Å²) in [5, 5.41) is 3.82. The molecule has 0 bridgehead atoms. The van der Waals surface area contributed by atoms with Crippen molar-refractivity contribution in [1.82, 2.24) is 14.5 Å². The van der Waals surface area contributed by atoms with E-state index in [1.165, 1.54) is 6.20 Å². The number of rotatable bonds is 4. The van der Waals surface area contributed by atoms with Crippen molar-refractivity contribution >= 4 is 15.9 Å². The molecule has 0 saturated heterocycles. The Kier molecular flexibility index (Phi) is 4.15. The minimum Gasteiger partial charge on any atom is -0.268 e. The zero-order valence-electron chi connectivity index (χ0n) is 13.0. The first-order valence-corrected chi connectivity index (χ1v) is 8.84. The van der Waals surface area contributed by atoms with Crippen molar-refractivity contribution < 1.29 is 13.2 Å². The quantitative estimate of drug-likeness (QED) is 0.919. The minimum absolute atomic E-state index is 0.253. The van der Waals surface area contributed by atoms with Crippen molar-refractivity contribution in [2.45, 2.75) is 64.2 Å². The first-order chi connectivity index (χ1) is 9.66. The van der Waals surface area contributed by atoms with Gasteiger partial charge in [-0.2, -0.15) is 5.10 Å². The van der Waals surface area contributed by atoms with Crippen LogP contribution in [-0.2, 0) is 22.0 Å². The van der Waals surface area contributed by atoms with Crippen LogP contribution in [0.5, 0.6) is 0 Å². The van der Waals surface area contributed by atoms with Crippen LogP contribution in [0.3, 0.4) is 0 Å². The molecule has 1 aromatic heterocycles. The molecule has 1 amide bonds. The van der Waals surface area contributed by atoms with Crippen LogP contribution < -0.4 is 4.72 Å². The lowest BCUT2D eigenvalue weighted by Gasteiger charge is -2.25. The molecule has 0 unspecified atom stereocenters. The summed E-state index contributed by atoms with van der Waals surface area (Å²) in [7, 11) is -3.56. The van der Waals surface area contributed by atoms with Crippen LogP contribution >= 0.6 is 0 Å². The second-order valence-electron chi connectivity index (χ2n) is 6.47. The van der Waals surface area contributed by atoms with E-state index in [0.717, 1.165) is 12.1 Å². The Morgan fingerprint density at radius 3 is 2.48 bits per heavy atom. The van der Waals surface area contributed by atoms with E-state index in [1.807, 2.05) is 27.7 Å². The number of aromatic nitrogens is 2. The van der Waals surface area contributed by atoms with E-state index in [9.17, 15) is 13.2 Å². The molecule has 6 nitrogen and oxygen atoms in total. The Labute approximate surface area is 126 Å². The first kappa shape index (κ1) is 16.0. The lowest BCUT2D eigenvalue weighted by Crippen LogP contribution is -2.41. The number of nitrogens with one attached hydrogen (secondary N) is 1. The number of amides is 1. The van der Waals surface area contributed by atoms with Gasteiger partial charge in [0, 0.05) is 0 Å². The van der Waals surface area contributed by atoms with Gasteiger partial charge in [0.25, 0.3) is 5.91 Å². The smallest absolute Gasteiger partial charge is 0.268 e. The van der Waals surface area contributed by atoms with E-state index in [-0.39, 0.29) is 5.54 Å². The molecule has 7 heteroatoms. The zero-order valence-corrected chi connectivity index (χ0v) is 13.8. The van der Waals surface area contributed by atoms with Gasteiger partial charge < -0.3 is 0 Å². The lowest BCUT2D eigenvalue weighted by molar-refractivity contribution is 0.0979. The van der Waals surface area contributed by atoms with E-state index in [0.29, 0.717) is 24.8 Å². The van der Waals surface area contributed by atoms with Crippen molar-refractivity contribution in [2.75, 3.05) is 0 Å². The average Bonchev–Trinajstić information content (AvgIpc) is 2.67. The fraction of sp³-hybridized carbons (Fsp3) is 0.714. The molecule has 0 atom stereocenters. The molecule has 1 aromatic rings. The van der Waals surface area contributed by atoms with Crippen LogP contribution in [0.25, 0.3) is 0 Å². The summed E-state index contributed by atoms with van der Waals surface area (Å²) in [6, 6.07) is 0. The summed E-state index contributed by atoms with van der Waals surface area (Å²) in [6.45, 7) is 7.90. The average molecular weight is 313 g/mol. The van der Waals surface area contributed by atoms with Crippen molar-refractivity contribution in [3.8, 4) is 0 Å². The maximum atomic E-state index is 12.3. The van der Waals surface area contributed by atoms with E-state index in [1.54, 1.807) is 4.68 Å². The zero-order chi connectivity index (χ0) is 15.8. The Morgan fingerprint density at radius 2 is 2.05 bits per heavy atom. The lowest BCUT2D eigenvalue weighted by atomic mass is 10.0. The molecule has 1 saturated carbocycles. The minimum atomic E-state index is -3.56. The van der Waals surface area contributed by atoms with Crippen LogP contribution in [0.15, 0.2) is 6.20 Å². The Hall–Kier alpha value is -1.37. The van der Waals surface area contributed by atoms with Crippen molar-refractivity contribution in [3.05, 3.63) is 17.5 Å². The summed E-state index contributed by atoms with van der Waals surface area (Å²) in [5.74, 6) is -0.575. The number of hydrogen-bond acceptors (Lipinski definition) is 4. The highest BCUT2D eigenvalue weighted by Gasteiger charge is 2.33. The molecule has 1 N–H and O–H groups in total. The third-order valence-electron chi connectivity index (χ3n) is 3.81. The van der Waals surface area contributed by atoms with Gasteiger partial charge in [0.15, 0.2) is 0 Å². The van der Waals surface area contributed by atoms with Gasteiger partial charge in [0.05, 0.1) is 28.2 Å². The monoisotopic (exact) mass is 313 g/mol. The molecule has 0 radical (unpaired) electrons. The van der Waals surface area contributed by atoms with Gasteiger partial charge in [-0.1, -0.05) is 13.3 Å². The summed E-state index contributed by atoms with van der Waals surface area (Å²) < 4.78 is 28.1. The molecule has 0 aliphatic heterocycles. The van der Waals surface area contributed by atoms with Gasteiger partial charge in [-0.25, -0.2) is 13.1 Å². The highest BCUT2D eigenvalue weighted by atomic mass is 32.2. The van der Waals surface area contributed by atoms with Gasteiger partial charge in [-0.05, 0) is 40.0 Å². The molecule has 2 rings (SSSR count). The normalized spacial score (nSPS) is 16.6. The Morgan fingerprint density at radius 1 is 1.43 bits per heavy atom. The topological polar surface area (TPSA) is 81.1 Å². The standard InChI is InChI=1S/C14H23N3O3S/c1-5-12-11(9-15-17(12)14(2,3)4)13(18)16-21(19,20)10-7-6-8-10/h9-10H,5-8H2,1-4H3,(H,16,18). The third kappa shape index (κ3) is 3.12. The number of sulfonamides is 1. The van der Waals surface area contributed by atoms with Crippen LogP contribution in [0.2, 0.25) is 0 Å². The summed E-state index contributed by atoms with van der Waals surface area (Å²) in [5.41, 5.74) is 0.843. The second kappa shape index (κ2) is 5.44. The molecule has 1 aliphatic rings. The van der Waals surface area contributed by atoms with Crippen LogP contribution in [0, 0.1) is 0 Å². The SMILES string of the molecule is CCc1c(C(=O)NS(=O)(=O)C2CCC2)cnn1C(C)(C)C. The van der Waals surface area contributed by atoms with E-state index < -0.39 is 21.2 Å². The fourth-order valence-electron chi connectivity index (χ4n) is 2.43. The second-order valence-corrected chi connectivity index (χ2v) is 8.43. The molecule has 21 heavy (non-hydrogen) atoms. The molecular weight excluding hydrogens is 290 g/mol. The molecule has 1 heterocycles. The third-order valence-corrected chi connectivity index (χ3v) is 5.63. The van der Waals surface area contributed by atoms with Gasteiger partial charge >= 0.3 is 0 Å². The number of hydrogen-bond donors (Lipinski definition) is 1. The number of carbonyl (C=O) groups excluding carboxylic acids is 1. The molecule has 118 valence electrons. The van der Waals surface area contributed by atoms with Crippen molar-refractivity contribution in [1.29, 1.82) is 0 Å². The predicted octanol–water partition coefficient (Wildman–Crippen LogP) is 1.81. The van der Waals surface area contributed by atoms with Crippen molar-refractivity contribution in [3.63, 3.8) is 0 Å². The summed E-state index contributed by atoms with van der Waals surface area (Å²) in [6.07, 6.45) is 4.23. The summed E-state index contributed by atoms with van der Waals surface area (Å²) >= 11 is 0. The van der Waals surface area contributed by atoms with Crippen molar-refractivity contribution in [2.24, 2.45) is 0 Å². The van der Waals surface area contributed by atoms with E-state index in [2.05, 4.69) is 9.82 Å². The van der Waals surface area contributed by atoms with E-state index in [4.69, 9.17) is 0 Å². The summed E-state index contributed by atoms with van der Waals surface area (Å²) in [4.78, 5) is 12.3. The molecule has 1 fully saturated rings. The maximum Gasteiger partial charge on any atom is 0.268 e. The molecular formula is C14H23N3O3S. The predicted molar refractivity (Wildman–Crippen MR) is 80.6 cm³/mol. The molecule has 0 spiro atoms. The fourth-order valence-corrected chi connectivity index (χ4v) is 3.92. The van der Waals surface area contributed by atoms with Crippen LogP contribution in [-0.4, -0.2) is 29.4 Å². The van der Waals surface area contributed by atoms with Gasteiger partial charge in [-0.15, -0.1) is 0 Å². The van der Waals surface area contributed by atoms with Gasteiger partial charge in [0.2, 0.25) is 10.0 Å². The highest BCUT2D eigenvalue weighted by molar-refractivity contribution is 7.90. The highest BCUT2D eigenvalue weighted by Crippen LogP contribution is 2.26.